The van der Waals surface area contributed by atoms with Gasteiger partial charge in [0.2, 0.25) is 0 Å². The first-order valence-corrected chi connectivity index (χ1v) is 7.71. The maximum absolute atomic E-state index is 5.90. The number of benzene rings is 1. The number of thioether (sulfide) groups is 1. The van der Waals surface area contributed by atoms with E-state index in [1.54, 1.807) is 11.8 Å². The summed E-state index contributed by atoms with van der Waals surface area (Å²) in [5, 5.41) is 0.931. The summed E-state index contributed by atoms with van der Waals surface area (Å²) in [7, 11) is 0. The lowest BCUT2D eigenvalue weighted by molar-refractivity contribution is 0.876. The Labute approximate surface area is 126 Å². The van der Waals surface area contributed by atoms with Crippen LogP contribution in [-0.2, 0) is 0 Å². The summed E-state index contributed by atoms with van der Waals surface area (Å²) in [5.41, 5.74) is 9.05. The Kier molecular flexibility index (Phi) is 4.96. The van der Waals surface area contributed by atoms with Crippen molar-refractivity contribution in [3.05, 3.63) is 51.8 Å². The van der Waals surface area contributed by atoms with Gasteiger partial charge in [0.15, 0.2) is 5.16 Å². The average Bonchev–Trinajstić information content (AvgIpc) is 2.36. The number of aromatic nitrogens is 2. The van der Waals surface area contributed by atoms with E-state index in [9.17, 15) is 0 Å². The Balaban J connectivity index is 2.26. The minimum absolute atomic E-state index is 0.150. The van der Waals surface area contributed by atoms with Crippen LogP contribution in [0.5, 0.6) is 0 Å². The number of halogens is 1. The number of nitrogens with two attached hydrogens (primary N) is 1. The lowest BCUT2D eigenvalue weighted by Gasteiger charge is -2.15. The third kappa shape index (κ3) is 3.78. The molecule has 1 aromatic heterocycles. The lowest BCUT2D eigenvalue weighted by Crippen LogP contribution is -2.10. The van der Waals surface area contributed by atoms with Gasteiger partial charge in [-0.1, -0.05) is 45.9 Å². The van der Waals surface area contributed by atoms with Crippen LogP contribution in [-0.4, -0.2) is 16.5 Å². The first-order valence-electron chi connectivity index (χ1n) is 6.03. The number of nitrogens with zero attached hydrogens (tertiary/aromatic N) is 2. The average molecular weight is 338 g/mol. The van der Waals surface area contributed by atoms with Crippen LogP contribution in [0.15, 0.2) is 40.0 Å². The zero-order chi connectivity index (χ0) is 13.8. The van der Waals surface area contributed by atoms with Crippen LogP contribution in [0.3, 0.4) is 0 Å². The van der Waals surface area contributed by atoms with Crippen molar-refractivity contribution in [1.82, 2.24) is 9.97 Å². The van der Waals surface area contributed by atoms with Gasteiger partial charge in [-0.05, 0) is 31.5 Å². The van der Waals surface area contributed by atoms with E-state index in [1.165, 1.54) is 5.56 Å². The SMILES string of the molecule is Cc1cc(C)nc(SC(CN)c2ccccc2Br)n1. The van der Waals surface area contributed by atoms with E-state index < -0.39 is 0 Å². The molecule has 1 heterocycles. The molecule has 19 heavy (non-hydrogen) atoms. The Morgan fingerprint density at radius 3 is 2.42 bits per heavy atom. The van der Waals surface area contributed by atoms with Crippen LogP contribution in [0.25, 0.3) is 0 Å². The van der Waals surface area contributed by atoms with Crippen LogP contribution in [0.2, 0.25) is 0 Å². The smallest absolute Gasteiger partial charge is 0.188 e. The number of aryl methyl sites for hydroxylation is 2. The molecule has 1 aromatic carbocycles. The molecule has 0 aliphatic carbocycles. The van der Waals surface area contributed by atoms with Gasteiger partial charge in [-0.25, -0.2) is 9.97 Å². The Hall–Kier alpha value is -0.910. The van der Waals surface area contributed by atoms with E-state index in [1.807, 2.05) is 38.1 Å². The summed E-state index contributed by atoms with van der Waals surface area (Å²) < 4.78 is 1.07. The van der Waals surface area contributed by atoms with Gasteiger partial charge in [-0.2, -0.15) is 0 Å². The molecule has 0 saturated heterocycles. The molecule has 0 radical (unpaired) electrons. The highest BCUT2D eigenvalue weighted by Crippen LogP contribution is 2.36. The van der Waals surface area contributed by atoms with Crippen LogP contribution < -0.4 is 5.73 Å². The molecule has 2 rings (SSSR count). The van der Waals surface area contributed by atoms with Crippen molar-refractivity contribution < 1.29 is 0 Å². The van der Waals surface area contributed by atoms with Crippen molar-refractivity contribution in [2.45, 2.75) is 24.3 Å². The highest BCUT2D eigenvalue weighted by molar-refractivity contribution is 9.10. The van der Waals surface area contributed by atoms with Gasteiger partial charge in [-0.15, -0.1) is 0 Å². The highest BCUT2D eigenvalue weighted by Gasteiger charge is 2.16. The summed E-state index contributed by atoms with van der Waals surface area (Å²) in [4.78, 5) is 8.92. The second-order valence-electron chi connectivity index (χ2n) is 4.30. The topological polar surface area (TPSA) is 51.8 Å². The number of hydrogen-bond acceptors (Lipinski definition) is 4. The fraction of sp³-hybridized carbons (Fsp3) is 0.286. The minimum Gasteiger partial charge on any atom is -0.329 e. The molecule has 0 aliphatic heterocycles. The summed E-state index contributed by atoms with van der Waals surface area (Å²) in [5.74, 6) is 0. The zero-order valence-electron chi connectivity index (χ0n) is 10.9. The maximum Gasteiger partial charge on any atom is 0.188 e. The van der Waals surface area contributed by atoms with Crippen molar-refractivity contribution in [2.24, 2.45) is 5.73 Å². The van der Waals surface area contributed by atoms with Gasteiger partial charge >= 0.3 is 0 Å². The predicted octanol–water partition coefficient (Wildman–Crippen LogP) is 3.65. The molecule has 0 saturated carbocycles. The van der Waals surface area contributed by atoms with E-state index in [0.29, 0.717) is 6.54 Å². The monoisotopic (exact) mass is 337 g/mol. The highest BCUT2D eigenvalue weighted by atomic mass is 79.9. The fourth-order valence-corrected chi connectivity index (χ4v) is 3.64. The minimum atomic E-state index is 0.150. The molecule has 1 unspecified atom stereocenters. The molecule has 1 atom stereocenters. The Morgan fingerprint density at radius 1 is 1.21 bits per heavy atom. The van der Waals surface area contributed by atoms with Crippen molar-refractivity contribution in [3.8, 4) is 0 Å². The van der Waals surface area contributed by atoms with Crippen LogP contribution in [0.1, 0.15) is 22.2 Å². The summed E-state index contributed by atoms with van der Waals surface area (Å²) in [6.45, 7) is 4.51. The van der Waals surface area contributed by atoms with Crippen LogP contribution in [0.4, 0.5) is 0 Å². The standard InChI is InChI=1S/C14H16BrN3S/c1-9-7-10(2)18-14(17-9)19-13(8-16)11-5-3-4-6-12(11)15/h3-7,13H,8,16H2,1-2H3. The van der Waals surface area contributed by atoms with E-state index in [2.05, 4.69) is 32.0 Å². The Bertz CT molecular complexity index is 554. The molecule has 2 aromatic rings. The molecule has 3 nitrogen and oxygen atoms in total. The third-order valence-electron chi connectivity index (χ3n) is 2.68. The van der Waals surface area contributed by atoms with Gasteiger partial charge in [0.05, 0.1) is 5.25 Å². The largest absolute Gasteiger partial charge is 0.329 e. The number of hydrogen-bond donors (Lipinski definition) is 1. The maximum atomic E-state index is 5.90. The summed E-state index contributed by atoms with van der Waals surface area (Å²) in [6.07, 6.45) is 0. The number of rotatable bonds is 4. The molecule has 0 amide bonds. The molecule has 0 aliphatic rings. The second-order valence-corrected chi connectivity index (χ2v) is 6.32. The molecule has 0 spiro atoms. The van der Waals surface area contributed by atoms with Gasteiger partial charge in [0, 0.05) is 22.4 Å². The first-order chi connectivity index (χ1) is 9.10. The van der Waals surface area contributed by atoms with Crippen molar-refractivity contribution in [1.29, 1.82) is 0 Å². The van der Waals surface area contributed by atoms with Crippen molar-refractivity contribution in [2.75, 3.05) is 6.54 Å². The van der Waals surface area contributed by atoms with Gasteiger partial charge in [0.25, 0.3) is 0 Å². The molecular formula is C14H16BrN3S. The van der Waals surface area contributed by atoms with E-state index >= 15 is 0 Å². The molecule has 0 fully saturated rings. The van der Waals surface area contributed by atoms with E-state index in [0.717, 1.165) is 21.0 Å². The Morgan fingerprint density at radius 2 is 1.84 bits per heavy atom. The summed E-state index contributed by atoms with van der Waals surface area (Å²) in [6, 6.07) is 10.1. The van der Waals surface area contributed by atoms with E-state index in [4.69, 9.17) is 5.73 Å². The van der Waals surface area contributed by atoms with Crippen LogP contribution in [0, 0.1) is 13.8 Å². The molecule has 5 heteroatoms. The van der Waals surface area contributed by atoms with Gasteiger partial charge in [0.1, 0.15) is 0 Å². The van der Waals surface area contributed by atoms with Crippen LogP contribution >= 0.6 is 27.7 Å². The lowest BCUT2D eigenvalue weighted by atomic mass is 10.1. The van der Waals surface area contributed by atoms with Crippen molar-refractivity contribution in [3.63, 3.8) is 0 Å². The normalized spacial score (nSPS) is 12.4. The summed E-state index contributed by atoms with van der Waals surface area (Å²) >= 11 is 5.18. The van der Waals surface area contributed by atoms with Gasteiger partial charge < -0.3 is 5.73 Å². The zero-order valence-corrected chi connectivity index (χ0v) is 13.3. The van der Waals surface area contributed by atoms with Crippen molar-refractivity contribution >= 4 is 27.7 Å². The second kappa shape index (κ2) is 6.50. The van der Waals surface area contributed by atoms with E-state index in [-0.39, 0.29) is 5.25 Å². The quantitative estimate of drug-likeness (QED) is 0.683. The molecule has 0 bridgehead atoms. The predicted molar refractivity (Wildman–Crippen MR) is 83.3 cm³/mol. The third-order valence-corrected chi connectivity index (χ3v) is 4.52. The fourth-order valence-electron chi connectivity index (χ4n) is 1.85. The molecule has 100 valence electrons. The molecule has 2 N–H and O–H groups in total. The first kappa shape index (κ1) is 14.5. The van der Waals surface area contributed by atoms with Gasteiger partial charge in [-0.3, -0.25) is 0 Å². The molecular weight excluding hydrogens is 322 g/mol.